The second-order valence-electron chi connectivity index (χ2n) is 2.42. The maximum Gasteiger partial charge on any atom is 0.228 e. The summed E-state index contributed by atoms with van der Waals surface area (Å²) in [6.45, 7) is 0.632. The average molecular weight is 232 g/mol. The SMILES string of the molecule is Clc1nsnc1NCCc1ncno1. The van der Waals surface area contributed by atoms with Gasteiger partial charge in [-0.15, -0.1) is 0 Å². The van der Waals surface area contributed by atoms with Gasteiger partial charge < -0.3 is 9.84 Å². The highest BCUT2D eigenvalue weighted by Gasteiger charge is 2.04. The number of nitrogens with one attached hydrogen (secondary N) is 1. The quantitative estimate of drug-likeness (QED) is 0.853. The van der Waals surface area contributed by atoms with Gasteiger partial charge in [0.05, 0.1) is 11.7 Å². The molecule has 2 rings (SSSR count). The predicted molar refractivity (Wildman–Crippen MR) is 51.4 cm³/mol. The zero-order valence-electron chi connectivity index (χ0n) is 6.97. The van der Waals surface area contributed by atoms with Gasteiger partial charge in [-0.05, 0) is 0 Å². The number of hydrogen-bond acceptors (Lipinski definition) is 7. The van der Waals surface area contributed by atoms with Crippen LogP contribution in [0.25, 0.3) is 0 Å². The molecule has 1 N–H and O–H groups in total. The fourth-order valence-electron chi connectivity index (χ4n) is 0.877. The molecule has 0 aliphatic rings. The Bertz CT molecular complexity index is 389. The van der Waals surface area contributed by atoms with Gasteiger partial charge in [0, 0.05) is 13.0 Å². The minimum atomic E-state index is 0.389. The molecule has 0 bridgehead atoms. The van der Waals surface area contributed by atoms with Crippen LogP contribution >= 0.6 is 23.3 Å². The van der Waals surface area contributed by atoms with Crippen molar-refractivity contribution in [2.75, 3.05) is 11.9 Å². The van der Waals surface area contributed by atoms with Crippen LogP contribution in [0.2, 0.25) is 5.15 Å². The summed E-state index contributed by atoms with van der Waals surface area (Å²) in [4.78, 5) is 3.87. The molecule has 0 unspecified atom stereocenters. The summed E-state index contributed by atoms with van der Waals surface area (Å²) in [5.74, 6) is 1.17. The van der Waals surface area contributed by atoms with Gasteiger partial charge >= 0.3 is 0 Å². The lowest BCUT2D eigenvalue weighted by molar-refractivity contribution is 0.380. The van der Waals surface area contributed by atoms with E-state index in [1.54, 1.807) is 0 Å². The first-order valence-electron chi connectivity index (χ1n) is 3.84. The van der Waals surface area contributed by atoms with E-state index in [1.165, 1.54) is 6.33 Å². The Hall–Kier alpha value is -1.21. The van der Waals surface area contributed by atoms with Crippen LogP contribution in [-0.2, 0) is 6.42 Å². The van der Waals surface area contributed by atoms with Gasteiger partial charge in [-0.3, -0.25) is 0 Å². The molecule has 6 nitrogen and oxygen atoms in total. The third-order valence-electron chi connectivity index (χ3n) is 1.49. The highest BCUT2D eigenvalue weighted by molar-refractivity contribution is 6.99. The zero-order chi connectivity index (χ0) is 9.80. The molecular formula is C6H6ClN5OS. The lowest BCUT2D eigenvalue weighted by Gasteiger charge is -1.98. The van der Waals surface area contributed by atoms with Crippen molar-refractivity contribution in [2.45, 2.75) is 6.42 Å². The normalized spacial score (nSPS) is 10.4. The number of halogens is 1. The molecule has 0 amide bonds. The summed E-state index contributed by atoms with van der Waals surface area (Å²) in [5, 5.41) is 6.89. The molecule has 2 aromatic heterocycles. The first-order chi connectivity index (χ1) is 6.86. The number of hydrogen-bond donors (Lipinski definition) is 1. The van der Waals surface area contributed by atoms with Crippen molar-refractivity contribution in [1.82, 2.24) is 18.9 Å². The summed E-state index contributed by atoms with van der Waals surface area (Å²) < 4.78 is 12.6. The first-order valence-corrected chi connectivity index (χ1v) is 4.94. The molecule has 8 heteroatoms. The van der Waals surface area contributed by atoms with E-state index < -0.39 is 0 Å². The lowest BCUT2D eigenvalue weighted by atomic mass is 10.4. The summed E-state index contributed by atoms with van der Waals surface area (Å²) >= 11 is 6.79. The third-order valence-corrected chi connectivity index (χ3v) is 2.38. The molecule has 0 spiro atoms. The summed E-state index contributed by atoms with van der Waals surface area (Å²) in [7, 11) is 0. The highest BCUT2D eigenvalue weighted by Crippen LogP contribution is 2.17. The highest BCUT2D eigenvalue weighted by atomic mass is 35.5. The minimum absolute atomic E-state index is 0.389. The third kappa shape index (κ3) is 2.18. The maximum atomic E-state index is 5.72. The van der Waals surface area contributed by atoms with Crippen molar-refractivity contribution >= 4 is 29.1 Å². The summed E-state index contributed by atoms with van der Waals surface area (Å²) in [5.41, 5.74) is 0. The molecule has 0 aromatic carbocycles. The largest absolute Gasteiger partial charge is 0.366 e. The molecule has 2 heterocycles. The van der Waals surface area contributed by atoms with Crippen molar-refractivity contribution in [3.05, 3.63) is 17.4 Å². The molecule has 0 radical (unpaired) electrons. The van der Waals surface area contributed by atoms with Crippen molar-refractivity contribution in [2.24, 2.45) is 0 Å². The Morgan fingerprint density at radius 2 is 2.43 bits per heavy atom. The average Bonchev–Trinajstić information content (AvgIpc) is 2.78. The van der Waals surface area contributed by atoms with Crippen LogP contribution in [0.5, 0.6) is 0 Å². The van der Waals surface area contributed by atoms with Crippen molar-refractivity contribution in [3.63, 3.8) is 0 Å². The molecule has 0 atom stereocenters. The second kappa shape index (κ2) is 4.34. The standard InChI is InChI=1S/C6H6ClN5OS/c7-5-6(12-14-11-5)8-2-1-4-9-3-10-13-4/h3H,1-2H2,(H,8,12). The summed E-state index contributed by atoms with van der Waals surface area (Å²) in [6.07, 6.45) is 2.00. The maximum absolute atomic E-state index is 5.72. The second-order valence-corrected chi connectivity index (χ2v) is 3.30. The van der Waals surface area contributed by atoms with Crippen molar-refractivity contribution in [1.29, 1.82) is 0 Å². The van der Waals surface area contributed by atoms with E-state index >= 15 is 0 Å². The van der Waals surface area contributed by atoms with Crippen molar-refractivity contribution < 1.29 is 4.52 Å². The van der Waals surface area contributed by atoms with E-state index in [0.717, 1.165) is 11.7 Å². The molecule has 0 aliphatic heterocycles. The Morgan fingerprint density at radius 1 is 1.50 bits per heavy atom. The van der Waals surface area contributed by atoms with Crippen LogP contribution < -0.4 is 5.32 Å². The first kappa shape index (κ1) is 9.35. The van der Waals surface area contributed by atoms with Crippen LogP contribution in [0.15, 0.2) is 10.9 Å². The van der Waals surface area contributed by atoms with Gasteiger partial charge in [-0.2, -0.15) is 13.7 Å². The number of anilines is 1. The molecule has 0 saturated heterocycles. The Balaban J connectivity index is 1.81. The van der Waals surface area contributed by atoms with Gasteiger partial charge in [0.15, 0.2) is 17.3 Å². The number of aromatic nitrogens is 4. The van der Waals surface area contributed by atoms with Crippen molar-refractivity contribution in [3.8, 4) is 0 Å². The van der Waals surface area contributed by atoms with E-state index in [0.29, 0.717) is 29.8 Å². The smallest absolute Gasteiger partial charge is 0.228 e. The van der Waals surface area contributed by atoms with E-state index in [4.69, 9.17) is 16.1 Å². The molecule has 74 valence electrons. The Kier molecular flexibility index (Phi) is 2.90. The van der Waals surface area contributed by atoms with Crippen LogP contribution in [0.4, 0.5) is 5.82 Å². The fourth-order valence-corrected chi connectivity index (χ4v) is 1.56. The van der Waals surface area contributed by atoms with Crippen LogP contribution in [-0.4, -0.2) is 25.4 Å². The zero-order valence-corrected chi connectivity index (χ0v) is 8.55. The number of rotatable bonds is 4. The molecule has 2 aromatic rings. The minimum Gasteiger partial charge on any atom is -0.366 e. The lowest BCUT2D eigenvalue weighted by Crippen LogP contribution is -2.05. The van der Waals surface area contributed by atoms with Crippen LogP contribution in [0, 0.1) is 0 Å². The van der Waals surface area contributed by atoms with E-state index in [-0.39, 0.29) is 0 Å². The predicted octanol–water partition coefficient (Wildman–Crippen LogP) is 1.23. The topological polar surface area (TPSA) is 76.7 Å². The Morgan fingerprint density at radius 3 is 3.07 bits per heavy atom. The van der Waals surface area contributed by atoms with E-state index in [1.807, 2.05) is 0 Å². The van der Waals surface area contributed by atoms with E-state index in [2.05, 4.69) is 24.2 Å². The van der Waals surface area contributed by atoms with Gasteiger partial charge in [0.1, 0.15) is 0 Å². The molecule has 0 saturated carbocycles. The molecule has 0 fully saturated rings. The number of nitrogens with zero attached hydrogens (tertiary/aromatic N) is 4. The monoisotopic (exact) mass is 231 g/mol. The molecule has 14 heavy (non-hydrogen) atoms. The van der Waals surface area contributed by atoms with Crippen LogP contribution in [0.1, 0.15) is 5.89 Å². The van der Waals surface area contributed by atoms with Gasteiger partial charge in [0.25, 0.3) is 0 Å². The van der Waals surface area contributed by atoms with Gasteiger partial charge in [-0.25, -0.2) is 0 Å². The van der Waals surface area contributed by atoms with E-state index in [9.17, 15) is 0 Å². The van der Waals surface area contributed by atoms with Gasteiger partial charge in [-0.1, -0.05) is 16.8 Å². The Labute approximate surface area is 88.6 Å². The molecular weight excluding hydrogens is 226 g/mol. The van der Waals surface area contributed by atoms with Crippen LogP contribution in [0.3, 0.4) is 0 Å². The molecule has 0 aliphatic carbocycles. The van der Waals surface area contributed by atoms with Gasteiger partial charge in [0.2, 0.25) is 5.89 Å². The fraction of sp³-hybridized carbons (Fsp3) is 0.333. The summed E-state index contributed by atoms with van der Waals surface area (Å²) in [6, 6.07) is 0.